The van der Waals surface area contributed by atoms with Crippen molar-refractivity contribution in [2.45, 2.75) is 39.2 Å². The van der Waals surface area contributed by atoms with Crippen molar-refractivity contribution >= 4 is 17.7 Å². The molecule has 0 saturated carbocycles. The van der Waals surface area contributed by atoms with Crippen LogP contribution in [-0.4, -0.2) is 49.2 Å². The molecule has 2 N–H and O–H groups in total. The summed E-state index contributed by atoms with van der Waals surface area (Å²) in [6, 6.07) is 8.22. The lowest BCUT2D eigenvalue weighted by Crippen LogP contribution is -2.47. The molecule has 0 aliphatic carbocycles. The predicted octanol–water partition coefficient (Wildman–Crippen LogP) is 2.40. The van der Waals surface area contributed by atoms with Gasteiger partial charge in [0.05, 0.1) is 13.2 Å². The maximum absolute atomic E-state index is 12.0. The zero-order valence-corrected chi connectivity index (χ0v) is 14.5. The van der Waals surface area contributed by atoms with Gasteiger partial charge in [0, 0.05) is 24.8 Å². The van der Waals surface area contributed by atoms with Gasteiger partial charge in [-0.15, -0.1) is 0 Å². The van der Waals surface area contributed by atoms with Gasteiger partial charge in [-0.3, -0.25) is 4.79 Å². The van der Waals surface area contributed by atoms with Crippen LogP contribution in [-0.2, 0) is 16.0 Å². The third-order valence-electron chi connectivity index (χ3n) is 4.20. The first-order valence-electron chi connectivity index (χ1n) is 8.66. The zero-order chi connectivity index (χ0) is 17.4. The van der Waals surface area contributed by atoms with Gasteiger partial charge in [-0.25, -0.2) is 4.79 Å². The highest BCUT2D eigenvalue weighted by atomic mass is 16.6. The van der Waals surface area contributed by atoms with E-state index >= 15 is 0 Å². The van der Waals surface area contributed by atoms with E-state index in [0.29, 0.717) is 19.7 Å². The molecule has 1 aromatic carbocycles. The van der Waals surface area contributed by atoms with Crippen LogP contribution in [0.15, 0.2) is 24.3 Å². The molecule has 6 heteroatoms. The van der Waals surface area contributed by atoms with Crippen LogP contribution in [0, 0.1) is 0 Å². The second-order valence-corrected chi connectivity index (χ2v) is 5.93. The quantitative estimate of drug-likeness (QED) is 0.839. The Morgan fingerprint density at radius 3 is 2.42 bits per heavy atom. The van der Waals surface area contributed by atoms with Crippen molar-refractivity contribution in [3.05, 3.63) is 29.8 Å². The maximum atomic E-state index is 12.0. The number of hydrogen-bond donors (Lipinski definition) is 2. The highest BCUT2D eigenvalue weighted by Crippen LogP contribution is 2.12. The minimum absolute atomic E-state index is 0.0239. The first kappa shape index (κ1) is 18.1. The molecule has 1 aliphatic rings. The Hall–Kier alpha value is -2.24. The van der Waals surface area contributed by atoms with Crippen molar-refractivity contribution in [3.8, 4) is 0 Å². The first-order chi connectivity index (χ1) is 11.6. The van der Waals surface area contributed by atoms with E-state index in [1.807, 2.05) is 12.1 Å². The van der Waals surface area contributed by atoms with Crippen molar-refractivity contribution in [1.82, 2.24) is 10.2 Å². The van der Waals surface area contributed by atoms with Crippen LogP contribution < -0.4 is 10.6 Å². The molecule has 0 bridgehead atoms. The first-order valence-corrected chi connectivity index (χ1v) is 8.66. The van der Waals surface area contributed by atoms with E-state index < -0.39 is 0 Å². The molecule has 2 rings (SSSR count). The van der Waals surface area contributed by atoms with Gasteiger partial charge in [-0.2, -0.15) is 0 Å². The molecular weight excluding hydrogens is 306 g/mol. The van der Waals surface area contributed by atoms with Gasteiger partial charge in [0.15, 0.2) is 0 Å². The number of nitrogens with one attached hydrogen (secondary N) is 2. The van der Waals surface area contributed by atoms with Crippen LogP contribution in [0.5, 0.6) is 0 Å². The minimum atomic E-state index is -0.264. The van der Waals surface area contributed by atoms with E-state index in [-0.39, 0.29) is 24.6 Å². The summed E-state index contributed by atoms with van der Waals surface area (Å²) in [6.07, 6.45) is 2.26. The van der Waals surface area contributed by atoms with Gasteiger partial charge in [0.25, 0.3) is 0 Å². The van der Waals surface area contributed by atoms with E-state index in [1.54, 1.807) is 11.8 Å². The Morgan fingerprint density at radius 2 is 1.83 bits per heavy atom. The Morgan fingerprint density at radius 1 is 1.17 bits per heavy atom. The Balaban J connectivity index is 1.68. The zero-order valence-electron chi connectivity index (χ0n) is 14.5. The molecular formula is C18H27N3O3. The van der Waals surface area contributed by atoms with Gasteiger partial charge in [0.2, 0.25) is 5.91 Å². The number of anilines is 1. The summed E-state index contributed by atoms with van der Waals surface area (Å²) in [5.74, 6) is -0.0239. The number of nitrogens with zero attached hydrogens (tertiary/aromatic N) is 1. The summed E-state index contributed by atoms with van der Waals surface area (Å²) in [6.45, 7) is 5.80. The second-order valence-electron chi connectivity index (χ2n) is 5.93. The fourth-order valence-electron chi connectivity index (χ4n) is 2.74. The van der Waals surface area contributed by atoms with Crippen LogP contribution in [0.2, 0.25) is 0 Å². The van der Waals surface area contributed by atoms with Crippen molar-refractivity contribution in [2.24, 2.45) is 0 Å². The Labute approximate surface area is 143 Å². The van der Waals surface area contributed by atoms with Crippen molar-refractivity contribution < 1.29 is 14.3 Å². The SMILES string of the molecule is CCOC(=O)N1CCC(NC(=O)CNc2ccc(CC)cc2)CC1. The standard InChI is InChI=1S/C18H27N3O3/c1-3-14-5-7-15(8-6-14)19-13-17(22)20-16-9-11-21(12-10-16)18(23)24-4-2/h5-8,16,19H,3-4,9-13H2,1-2H3,(H,20,22). The van der Waals surface area contributed by atoms with E-state index in [0.717, 1.165) is 24.9 Å². The maximum Gasteiger partial charge on any atom is 0.409 e. The minimum Gasteiger partial charge on any atom is -0.450 e. The summed E-state index contributed by atoms with van der Waals surface area (Å²) in [4.78, 5) is 25.4. The number of carbonyl (C=O) groups is 2. The molecule has 24 heavy (non-hydrogen) atoms. The number of rotatable bonds is 6. The van der Waals surface area contributed by atoms with Crippen LogP contribution in [0.3, 0.4) is 0 Å². The molecule has 1 aromatic rings. The molecule has 6 nitrogen and oxygen atoms in total. The average Bonchev–Trinajstić information content (AvgIpc) is 2.61. The molecule has 132 valence electrons. The smallest absolute Gasteiger partial charge is 0.409 e. The molecule has 0 radical (unpaired) electrons. The molecule has 1 saturated heterocycles. The summed E-state index contributed by atoms with van der Waals surface area (Å²) in [5.41, 5.74) is 2.22. The van der Waals surface area contributed by atoms with Crippen molar-refractivity contribution in [2.75, 3.05) is 31.6 Å². The largest absolute Gasteiger partial charge is 0.450 e. The molecule has 0 aromatic heterocycles. The average molecular weight is 333 g/mol. The Kier molecular flexibility index (Phi) is 6.90. The normalized spacial score (nSPS) is 15.0. The van der Waals surface area contributed by atoms with Crippen LogP contribution in [0.1, 0.15) is 32.3 Å². The fourth-order valence-corrected chi connectivity index (χ4v) is 2.74. The lowest BCUT2D eigenvalue weighted by Gasteiger charge is -2.31. The molecule has 1 fully saturated rings. The number of amides is 2. The number of hydrogen-bond acceptors (Lipinski definition) is 4. The number of aryl methyl sites for hydroxylation is 1. The summed E-state index contributed by atoms with van der Waals surface area (Å²) < 4.78 is 4.99. The van der Waals surface area contributed by atoms with Crippen LogP contribution in [0.25, 0.3) is 0 Å². The third kappa shape index (κ3) is 5.44. The number of likely N-dealkylation sites (tertiary alicyclic amines) is 1. The molecule has 0 atom stereocenters. The lowest BCUT2D eigenvalue weighted by atomic mass is 10.1. The lowest BCUT2D eigenvalue weighted by molar-refractivity contribution is -0.120. The van der Waals surface area contributed by atoms with Crippen LogP contribution in [0.4, 0.5) is 10.5 Å². The van der Waals surface area contributed by atoms with E-state index in [2.05, 4.69) is 29.7 Å². The van der Waals surface area contributed by atoms with Gasteiger partial charge in [0.1, 0.15) is 0 Å². The second kappa shape index (κ2) is 9.15. The van der Waals surface area contributed by atoms with Crippen molar-refractivity contribution in [1.29, 1.82) is 0 Å². The van der Waals surface area contributed by atoms with E-state index in [1.165, 1.54) is 5.56 Å². The van der Waals surface area contributed by atoms with Gasteiger partial charge >= 0.3 is 6.09 Å². The van der Waals surface area contributed by atoms with E-state index in [4.69, 9.17) is 4.74 Å². The molecule has 1 aliphatic heterocycles. The Bertz CT molecular complexity index is 537. The number of benzene rings is 1. The number of ether oxygens (including phenoxy) is 1. The fraction of sp³-hybridized carbons (Fsp3) is 0.556. The van der Waals surface area contributed by atoms with Gasteiger partial charge in [-0.05, 0) is 43.9 Å². The third-order valence-corrected chi connectivity index (χ3v) is 4.20. The van der Waals surface area contributed by atoms with E-state index in [9.17, 15) is 9.59 Å². The van der Waals surface area contributed by atoms with Crippen LogP contribution >= 0.6 is 0 Å². The molecule has 0 unspecified atom stereocenters. The highest BCUT2D eigenvalue weighted by molar-refractivity contribution is 5.81. The summed E-state index contributed by atoms with van der Waals surface area (Å²) in [5, 5.41) is 6.16. The molecule has 0 spiro atoms. The summed E-state index contributed by atoms with van der Waals surface area (Å²) >= 11 is 0. The molecule has 2 amide bonds. The van der Waals surface area contributed by atoms with Gasteiger partial charge < -0.3 is 20.3 Å². The number of piperidine rings is 1. The molecule has 1 heterocycles. The topological polar surface area (TPSA) is 70.7 Å². The predicted molar refractivity (Wildman–Crippen MR) is 94.1 cm³/mol. The van der Waals surface area contributed by atoms with Crippen molar-refractivity contribution in [3.63, 3.8) is 0 Å². The highest BCUT2D eigenvalue weighted by Gasteiger charge is 2.24. The monoisotopic (exact) mass is 333 g/mol. The summed E-state index contributed by atoms with van der Waals surface area (Å²) in [7, 11) is 0. The van der Waals surface area contributed by atoms with Gasteiger partial charge in [-0.1, -0.05) is 19.1 Å². The number of carbonyl (C=O) groups excluding carboxylic acids is 2.